The Kier molecular flexibility index (Phi) is 4.25. The fourth-order valence-corrected chi connectivity index (χ4v) is 3.99. The molecule has 0 N–H and O–H groups in total. The van der Waals surface area contributed by atoms with Gasteiger partial charge in [0, 0.05) is 40.3 Å². The van der Waals surface area contributed by atoms with E-state index in [-0.39, 0.29) is 23.2 Å². The minimum absolute atomic E-state index is 0.0212. The molecule has 0 radical (unpaired) electrons. The number of hydrogen-bond acceptors (Lipinski definition) is 2. The highest BCUT2D eigenvalue weighted by atomic mass is 19.1. The third-order valence-corrected chi connectivity index (χ3v) is 5.66. The predicted octanol–water partition coefficient (Wildman–Crippen LogP) is 2.32. The molecule has 0 bridgehead atoms. The maximum absolute atomic E-state index is 13.3. The highest BCUT2D eigenvalue weighted by molar-refractivity contribution is 5.93. The van der Waals surface area contributed by atoms with Crippen molar-refractivity contribution < 1.29 is 14.0 Å². The van der Waals surface area contributed by atoms with Crippen LogP contribution in [0.15, 0.2) is 24.3 Å². The molecule has 1 aromatic rings. The minimum atomic E-state index is -0.575. The van der Waals surface area contributed by atoms with Gasteiger partial charge in [-0.2, -0.15) is 0 Å². The Morgan fingerprint density at radius 2 is 1.48 bits per heavy atom. The number of carbonyl (C=O) groups is 2. The molecule has 1 aliphatic carbocycles. The quantitative estimate of drug-likeness (QED) is 0.824. The van der Waals surface area contributed by atoms with Crippen LogP contribution in [-0.2, 0) is 10.2 Å². The summed E-state index contributed by atoms with van der Waals surface area (Å²) >= 11 is 0. The van der Waals surface area contributed by atoms with Gasteiger partial charge in [0.05, 0.1) is 5.41 Å². The van der Waals surface area contributed by atoms with Crippen molar-refractivity contribution in [3.63, 3.8) is 0 Å². The lowest BCUT2D eigenvalue weighted by Gasteiger charge is -2.38. The molecule has 6 heteroatoms. The number of benzene rings is 1. The van der Waals surface area contributed by atoms with Crippen LogP contribution in [-0.4, -0.2) is 66.9 Å². The van der Waals surface area contributed by atoms with Crippen LogP contribution in [0, 0.1) is 11.2 Å². The molecule has 3 amide bonds. The molecule has 5 nitrogen and oxygen atoms in total. The van der Waals surface area contributed by atoms with Crippen molar-refractivity contribution in [1.29, 1.82) is 0 Å². The molecule has 3 rings (SSSR count). The highest BCUT2D eigenvalue weighted by Crippen LogP contribution is 2.65. The fraction of sp³-hybridized carbons (Fsp3) is 0.579. The first-order valence-corrected chi connectivity index (χ1v) is 8.71. The van der Waals surface area contributed by atoms with Crippen LogP contribution in [0.3, 0.4) is 0 Å². The van der Waals surface area contributed by atoms with E-state index in [1.807, 2.05) is 4.90 Å². The van der Waals surface area contributed by atoms with Gasteiger partial charge in [-0.1, -0.05) is 26.0 Å². The molecule has 1 saturated carbocycles. The number of piperazine rings is 1. The molecule has 2 aliphatic rings. The molecule has 1 saturated heterocycles. The van der Waals surface area contributed by atoms with Crippen LogP contribution in [0.25, 0.3) is 0 Å². The van der Waals surface area contributed by atoms with Gasteiger partial charge in [-0.15, -0.1) is 0 Å². The largest absolute Gasteiger partial charge is 0.338 e. The highest BCUT2D eigenvalue weighted by Gasteiger charge is 2.68. The summed E-state index contributed by atoms with van der Waals surface area (Å²) in [5, 5.41) is 0. The lowest BCUT2D eigenvalue weighted by Crippen LogP contribution is -2.55. The van der Waals surface area contributed by atoms with Gasteiger partial charge < -0.3 is 14.7 Å². The molecule has 25 heavy (non-hydrogen) atoms. The number of carbonyl (C=O) groups excluding carboxylic acids is 2. The number of hydrogen-bond donors (Lipinski definition) is 0. The summed E-state index contributed by atoms with van der Waals surface area (Å²) in [6, 6.07) is 6.28. The predicted molar refractivity (Wildman–Crippen MR) is 93.7 cm³/mol. The lowest BCUT2D eigenvalue weighted by molar-refractivity contribution is -0.136. The number of nitrogens with zero attached hydrogens (tertiary/aromatic N) is 3. The third kappa shape index (κ3) is 2.87. The Hall–Kier alpha value is -2.11. The fourth-order valence-electron chi connectivity index (χ4n) is 3.99. The maximum atomic E-state index is 13.3. The van der Waals surface area contributed by atoms with E-state index < -0.39 is 5.41 Å². The van der Waals surface area contributed by atoms with E-state index in [0.717, 1.165) is 12.0 Å². The number of rotatable bonds is 2. The van der Waals surface area contributed by atoms with Gasteiger partial charge in [0.2, 0.25) is 5.91 Å². The molecule has 1 aromatic carbocycles. The normalized spacial score (nSPS) is 24.8. The summed E-state index contributed by atoms with van der Waals surface area (Å²) in [6.07, 6.45) is 0.765. The summed E-state index contributed by atoms with van der Waals surface area (Å²) in [5.41, 5.74) is 0.170. The SMILES string of the molecule is CN(C)C(=O)N1CCN(C(=O)C2(c3ccc(F)cc3)CC2(C)C)CC1. The second-order valence-electron chi connectivity index (χ2n) is 7.93. The standard InChI is InChI=1S/C19H26FN3O2/c1-18(2)13-19(18,14-5-7-15(20)8-6-14)16(24)22-9-11-23(12-10-22)17(25)21(3)4/h5-8H,9-13H2,1-4H3. The van der Waals surface area contributed by atoms with Crippen LogP contribution in [0.5, 0.6) is 0 Å². The topological polar surface area (TPSA) is 43.9 Å². The van der Waals surface area contributed by atoms with Crippen LogP contribution in [0.1, 0.15) is 25.8 Å². The second kappa shape index (κ2) is 6.00. The molecule has 0 spiro atoms. The first-order valence-electron chi connectivity index (χ1n) is 8.71. The van der Waals surface area contributed by atoms with E-state index in [9.17, 15) is 14.0 Å². The lowest BCUT2D eigenvalue weighted by atomic mass is 9.86. The van der Waals surface area contributed by atoms with Crippen LogP contribution in [0.4, 0.5) is 9.18 Å². The van der Waals surface area contributed by atoms with Crippen LogP contribution in [0.2, 0.25) is 0 Å². The summed E-state index contributed by atoms with van der Waals surface area (Å²) in [6.45, 7) is 6.33. The Balaban J connectivity index is 1.76. The van der Waals surface area contributed by atoms with Gasteiger partial charge in [0.25, 0.3) is 0 Å². The second-order valence-corrected chi connectivity index (χ2v) is 7.93. The monoisotopic (exact) mass is 347 g/mol. The van der Waals surface area contributed by atoms with Crippen LogP contribution < -0.4 is 0 Å². The van der Waals surface area contributed by atoms with E-state index in [0.29, 0.717) is 26.2 Å². The molecule has 1 unspecified atom stereocenters. The molecule has 1 aliphatic heterocycles. The Labute approximate surface area is 148 Å². The number of amides is 3. The zero-order chi connectivity index (χ0) is 18.4. The summed E-state index contributed by atoms with van der Waals surface area (Å²) < 4.78 is 13.3. The van der Waals surface area contributed by atoms with Gasteiger partial charge in [0.15, 0.2) is 0 Å². The van der Waals surface area contributed by atoms with E-state index in [4.69, 9.17) is 0 Å². The minimum Gasteiger partial charge on any atom is -0.338 e. The molecule has 1 heterocycles. The molecular formula is C19H26FN3O2. The van der Waals surface area contributed by atoms with Crippen molar-refractivity contribution >= 4 is 11.9 Å². The summed E-state index contributed by atoms with van der Waals surface area (Å²) in [4.78, 5) is 30.6. The molecular weight excluding hydrogens is 321 g/mol. The van der Waals surface area contributed by atoms with Gasteiger partial charge >= 0.3 is 6.03 Å². The molecule has 1 atom stereocenters. The van der Waals surface area contributed by atoms with Gasteiger partial charge in [-0.3, -0.25) is 4.79 Å². The van der Waals surface area contributed by atoms with E-state index in [1.54, 1.807) is 36.0 Å². The van der Waals surface area contributed by atoms with Crippen molar-refractivity contribution in [1.82, 2.24) is 14.7 Å². The van der Waals surface area contributed by atoms with Gasteiger partial charge in [0.1, 0.15) is 5.82 Å². The number of halogens is 1. The van der Waals surface area contributed by atoms with Crippen molar-refractivity contribution in [2.45, 2.75) is 25.7 Å². The van der Waals surface area contributed by atoms with E-state index >= 15 is 0 Å². The zero-order valence-corrected chi connectivity index (χ0v) is 15.4. The first kappa shape index (κ1) is 17.7. The third-order valence-electron chi connectivity index (χ3n) is 5.66. The van der Waals surface area contributed by atoms with Crippen molar-refractivity contribution in [2.75, 3.05) is 40.3 Å². The van der Waals surface area contributed by atoms with E-state index in [2.05, 4.69) is 13.8 Å². The summed E-state index contributed by atoms with van der Waals surface area (Å²) in [7, 11) is 3.46. The summed E-state index contributed by atoms with van der Waals surface area (Å²) in [5.74, 6) is -0.193. The van der Waals surface area contributed by atoms with E-state index in [1.165, 1.54) is 12.1 Å². The molecule has 0 aromatic heterocycles. The average molecular weight is 347 g/mol. The smallest absolute Gasteiger partial charge is 0.319 e. The van der Waals surface area contributed by atoms with Crippen molar-refractivity contribution in [3.05, 3.63) is 35.6 Å². The van der Waals surface area contributed by atoms with Crippen LogP contribution >= 0.6 is 0 Å². The maximum Gasteiger partial charge on any atom is 0.319 e. The van der Waals surface area contributed by atoms with Gasteiger partial charge in [-0.25, -0.2) is 9.18 Å². The Bertz CT molecular complexity index is 678. The first-order chi connectivity index (χ1) is 11.7. The zero-order valence-electron chi connectivity index (χ0n) is 15.4. The van der Waals surface area contributed by atoms with Gasteiger partial charge in [-0.05, 0) is 29.5 Å². The molecule has 2 fully saturated rings. The van der Waals surface area contributed by atoms with Crippen molar-refractivity contribution in [2.24, 2.45) is 5.41 Å². The average Bonchev–Trinajstić information content (AvgIpc) is 3.17. The Morgan fingerprint density at radius 3 is 1.92 bits per heavy atom. The Morgan fingerprint density at radius 1 is 1.00 bits per heavy atom. The molecule has 136 valence electrons. The van der Waals surface area contributed by atoms with Crippen molar-refractivity contribution in [3.8, 4) is 0 Å². The number of urea groups is 1.